The lowest BCUT2D eigenvalue weighted by Crippen LogP contribution is -2.31. The van der Waals surface area contributed by atoms with E-state index in [1.54, 1.807) is 23.9 Å². The Morgan fingerprint density at radius 2 is 1.47 bits per heavy atom. The molecule has 5 rings (SSSR count). The van der Waals surface area contributed by atoms with Crippen molar-refractivity contribution in [2.75, 3.05) is 5.75 Å². The van der Waals surface area contributed by atoms with Gasteiger partial charge in [0.2, 0.25) is 5.91 Å². The van der Waals surface area contributed by atoms with Crippen LogP contribution in [0.3, 0.4) is 0 Å². The first-order valence-electron chi connectivity index (χ1n) is 16.4. The van der Waals surface area contributed by atoms with Crippen LogP contribution in [0.1, 0.15) is 83.5 Å². The first-order valence-corrected chi connectivity index (χ1v) is 17.4. The van der Waals surface area contributed by atoms with Gasteiger partial charge in [-0.25, -0.2) is 4.79 Å². The Labute approximate surface area is 290 Å². The normalized spacial score (nSPS) is 17.4. The first-order chi connectivity index (χ1) is 23.8. The number of ether oxygens (including phenoxy) is 2. The van der Waals surface area contributed by atoms with Gasteiger partial charge in [0.15, 0.2) is 6.29 Å². The molecular formula is C39H41NO8S. The van der Waals surface area contributed by atoms with Gasteiger partial charge in [-0.2, -0.15) is 0 Å². The number of benzene rings is 4. The van der Waals surface area contributed by atoms with E-state index < -0.39 is 18.2 Å². The van der Waals surface area contributed by atoms with Crippen LogP contribution in [0.2, 0.25) is 0 Å². The summed E-state index contributed by atoms with van der Waals surface area (Å²) in [4.78, 5) is 35.2. The monoisotopic (exact) mass is 683 g/mol. The van der Waals surface area contributed by atoms with Crippen LogP contribution in [0, 0.1) is 0 Å². The summed E-state index contributed by atoms with van der Waals surface area (Å²) in [6, 6.07) is 30.6. The lowest BCUT2D eigenvalue weighted by atomic mass is 9.99. The maximum absolute atomic E-state index is 12.4. The number of carboxylic acid groups (broad SMARTS) is 2. The maximum Gasteiger partial charge on any atom is 0.335 e. The number of carbonyl (C=O) groups is 3. The molecule has 0 radical (unpaired) electrons. The molecule has 49 heavy (non-hydrogen) atoms. The average Bonchev–Trinajstić information content (AvgIpc) is 3.13. The second kappa shape index (κ2) is 17.8. The van der Waals surface area contributed by atoms with Crippen molar-refractivity contribution in [1.29, 1.82) is 0 Å². The van der Waals surface area contributed by atoms with E-state index in [4.69, 9.17) is 14.6 Å². The molecule has 4 aromatic rings. The molecule has 0 aromatic heterocycles. The van der Waals surface area contributed by atoms with Gasteiger partial charge in [-0.1, -0.05) is 67.1 Å². The molecule has 256 valence electrons. The Hall–Kier alpha value is -4.48. The van der Waals surface area contributed by atoms with Gasteiger partial charge in [0, 0.05) is 42.0 Å². The fraction of sp³-hybridized carbons (Fsp3) is 0.308. The Morgan fingerprint density at radius 1 is 0.755 bits per heavy atom. The second-order valence-electron chi connectivity index (χ2n) is 12.0. The predicted molar refractivity (Wildman–Crippen MR) is 187 cm³/mol. The lowest BCUT2D eigenvalue weighted by Gasteiger charge is -2.36. The first kappa shape index (κ1) is 35.8. The van der Waals surface area contributed by atoms with E-state index >= 15 is 0 Å². The molecule has 1 amide bonds. The van der Waals surface area contributed by atoms with Gasteiger partial charge in [-0.3, -0.25) is 9.59 Å². The molecular weight excluding hydrogens is 642 g/mol. The third-order valence-electron chi connectivity index (χ3n) is 8.36. The third kappa shape index (κ3) is 10.8. The third-order valence-corrected chi connectivity index (χ3v) is 9.50. The summed E-state index contributed by atoms with van der Waals surface area (Å²) >= 11 is 1.61. The number of amides is 1. The Bertz CT molecular complexity index is 1710. The fourth-order valence-corrected chi connectivity index (χ4v) is 6.58. The summed E-state index contributed by atoms with van der Waals surface area (Å²) in [5.74, 6) is -1.18. The topological polar surface area (TPSA) is 142 Å². The number of rotatable bonds is 16. The van der Waals surface area contributed by atoms with Crippen molar-refractivity contribution in [1.82, 2.24) is 5.32 Å². The molecule has 1 aliphatic heterocycles. The minimum atomic E-state index is -0.957. The van der Waals surface area contributed by atoms with E-state index in [0.717, 1.165) is 38.3 Å². The number of nitrogens with one attached hydrogen (secondary N) is 1. The molecule has 0 unspecified atom stereocenters. The Balaban J connectivity index is 1.26. The number of aromatic carboxylic acids is 1. The van der Waals surface area contributed by atoms with Crippen molar-refractivity contribution in [3.8, 4) is 11.1 Å². The molecule has 1 saturated heterocycles. The highest BCUT2D eigenvalue weighted by Gasteiger charge is 2.32. The fourth-order valence-electron chi connectivity index (χ4n) is 5.66. The number of unbranched alkanes of at least 4 members (excludes halogenated alkanes) is 2. The zero-order valence-electron chi connectivity index (χ0n) is 27.1. The minimum Gasteiger partial charge on any atom is -0.481 e. The van der Waals surface area contributed by atoms with Crippen molar-refractivity contribution in [2.45, 2.75) is 75.1 Å². The summed E-state index contributed by atoms with van der Waals surface area (Å²) in [6.07, 6.45) is 2.04. The van der Waals surface area contributed by atoms with Gasteiger partial charge in [0.25, 0.3) is 0 Å². The predicted octanol–water partition coefficient (Wildman–Crippen LogP) is 7.53. The number of hydrogen-bond acceptors (Lipinski definition) is 7. The number of aliphatic carboxylic acids is 1. The van der Waals surface area contributed by atoms with Crippen molar-refractivity contribution < 1.29 is 39.2 Å². The van der Waals surface area contributed by atoms with Gasteiger partial charge in [-0.15, -0.1) is 11.8 Å². The maximum atomic E-state index is 12.4. The van der Waals surface area contributed by atoms with Gasteiger partial charge >= 0.3 is 11.9 Å². The molecule has 0 aliphatic carbocycles. The van der Waals surface area contributed by atoms with Crippen molar-refractivity contribution in [3.05, 3.63) is 125 Å². The van der Waals surface area contributed by atoms with E-state index in [1.807, 2.05) is 72.8 Å². The van der Waals surface area contributed by atoms with E-state index in [1.165, 1.54) is 0 Å². The van der Waals surface area contributed by atoms with E-state index in [-0.39, 0.29) is 36.7 Å². The van der Waals surface area contributed by atoms with Crippen molar-refractivity contribution >= 4 is 29.6 Å². The van der Waals surface area contributed by atoms with Gasteiger partial charge in [-0.05, 0) is 77.1 Å². The van der Waals surface area contributed by atoms with E-state index in [9.17, 15) is 24.6 Å². The molecule has 0 spiro atoms. The summed E-state index contributed by atoms with van der Waals surface area (Å²) in [7, 11) is 0. The zero-order chi connectivity index (χ0) is 34.6. The molecule has 1 heterocycles. The summed E-state index contributed by atoms with van der Waals surface area (Å²) in [5, 5.41) is 30.5. The number of carbonyl (C=O) groups excluding carboxylic acids is 1. The number of aliphatic hydroxyl groups excluding tert-OH is 1. The molecule has 0 saturated carbocycles. The molecule has 4 aromatic carbocycles. The van der Waals surface area contributed by atoms with Crippen LogP contribution in [-0.4, -0.2) is 45.0 Å². The highest BCUT2D eigenvalue weighted by molar-refractivity contribution is 7.99. The van der Waals surface area contributed by atoms with Gasteiger partial charge in [0.05, 0.1) is 24.4 Å². The smallest absolute Gasteiger partial charge is 0.335 e. The van der Waals surface area contributed by atoms with Crippen molar-refractivity contribution in [2.24, 2.45) is 0 Å². The average molecular weight is 684 g/mol. The highest BCUT2D eigenvalue weighted by atomic mass is 32.2. The largest absolute Gasteiger partial charge is 0.481 e. The minimum absolute atomic E-state index is 0.0337. The van der Waals surface area contributed by atoms with Crippen LogP contribution in [0.15, 0.2) is 102 Å². The Morgan fingerprint density at radius 3 is 2.18 bits per heavy atom. The van der Waals surface area contributed by atoms with E-state index in [0.29, 0.717) is 44.4 Å². The van der Waals surface area contributed by atoms with Crippen LogP contribution in [-0.2, 0) is 32.2 Å². The van der Waals surface area contributed by atoms with Gasteiger partial charge in [0.1, 0.15) is 0 Å². The van der Waals surface area contributed by atoms with Crippen LogP contribution >= 0.6 is 11.8 Å². The number of aliphatic hydroxyl groups is 1. The molecule has 4 N–H and O–H groups in total. The van der Waals surface area contributed by atoms with E-state index in [2.05, 4.69) is 17.4 Å². The second-order valence-corrected chi connectivity index (χ2v) is 13.1. The summed E-state index contributed by atoms with van der Waals surface area (Å²) in [5.41, 5.74) is 5.88. The quantitative estimate of drug-likeness (QED) is 0.0696. The molecule has 9 nitrogen and oxygen atoms in total. The number of hydrogen-bond donors (Lipinski definition) is 4. The highest BCUT2D eigenvalue weighted by Crippen LogP contribution is 2.40. The van der Waals surface area contributed by atoms with Crippen LogP contribution < -0.4 is 5.32 Å². The van der Waals surface area contributed by atoms with Crippen LogP contribution in [0.25, 0.3) is 11.1 Å². The molecule has 10 heteroatoms. The standard InChI is InChI=1S/C39H41NO8S/c41-24-26-12-14-28(15-13-26)35-22-33(25-49-34-18-16-29(17-19-34)38(45)46)47-39(48-35)32-9-5-8-31(21-32)30-7-4-6-27(20-30)23-40-36(42)10-2-1-3-11-37(43)44/h4-9,12-21,33,35,39,41H,1-3,10-11,22-25H2,(H,40,42)(H,43,44)(H,45,46)/t33-,35+,39+/m1/s1. The summed E-state index contributed by atoms with van der Waals surface area (Å²) in [6.45, 7) is 0.361. The lowest BCUT2D eigenvalue weighted by molar-refractivity contribution is -0.245. The zero-order valence-corrected chi connectivity index (χ0v) is 27.9. The summed E-state index contributed by atoms with van der Waals surface area (Å²) < 4.78 is 13.1. The van der Waals surface area contributed by atoms with Crippen molar-refractivity contribution in [3.63, 3.8) is 0 Å². The van der Waals surface area contributed by atoms with Crippen LogP contribution in [0.4, 0.5) is 0 Å². The molecule has 1 fully saturated rings. The van der Waals surface area contributed by atoms with Crippen LogP contribution in [0.5, 0.6) is 0 Å². The van der Waals surface area contributed by atoms with Gasteiger partial charge < -0.3 is 30.1 Å². The molecule has 0 bridgehead atoms. The number of thioether (sulfide) groups is 1. The molecule has 1 aliphatic rings. The molecule has 3 atom stereocenters. The number of carboxylic acids is 2. The SMILES string of the molecule is O=C(O)CCCCCC(=O)NCc1cccc(-c2cccc([C@H]3O[C@@H](CSc4ccc(C(=O)O)cc4)C[C@@H](c4ccc(CO)cc4)O3)c2)c1. The Kier molecular flexibility index (Phi) is 13.0.